The second kappa shape index (κ2) is 3.90. The topological polar surface area (TPSA) is 72.5 Å². The van der Waals surface area contributed by atoms with Gasteiger partial charge >= 0.3 is 5.97 Å². The van der Waals surface area contributed by atoms with Crippen LogP contribution in [0.15, 0.2) is 18.2 Å². The minimum Gasteiger partial charge on any atom is -0.493 e. The molecule has 0 aliphatic carbocycles. The summed E-state index contributed by atoms with van der Waals surface area (Å²) in [5.41, 5.74) is 7.56. The Balaban J connectivity index is 2.13. The van der Waals surface area contributed by atoms with Crippen LogP contribution in [-0.4, -0.2) is 23.7 Å². The van der Waals surface area contributed by atoms with Crippen LogP contribution >= 0.6 is 0 Å². The molecule has 0 saturated carbocycles. The van der Waals surface area contributed by atoms with Crippen LogP contribution in [-0.2, 0) is 17.6 Å². The van der Waals surface area contributed by atoms with Gasteiger partial charge in [-0.1, -0.05) is 12.1 Å². The van der Waals surface area contributed by atoms with Crippen molar-refractivity contribution < 1.29 is 14.6 Å². The van der Waals surface area contributed by atoms with E-state index in [1.54, 1.807) is 0 Å². The number of benzene rings is 1. The van der Waals surface area contributed by atoms with E-state index in [0.717, 1.165) is 23.3 Å². The van der Waals surface area contributed by atoms with Gasteiger partial charge in [0.25, 0.3) is 0 Å². The molecule has 0 saturated heterocycles. The fourth-order valence-corrected chi connectivity index (χ4v) is 1.71. The van der Waals surface area contributed by atoms with Gasteiger partial charge in [-0.25, -0.2) is 0 Å². The Morgan fingerprint density at radius 1 is 1.60 bits per heavy atom. The maximum Gasteiger partial charge on any atom is 0.320 e. The number of carboxylic acid groups (broad SMARTS) is 1. The fraction of sp³-hybridized carbons (Fsp3) is 0.364. The standard InChI is InChI=1S/C11H13NO3/c12-9(11(13)14)6-7-1-2-10-8(5-7)3-4-15-10/h1-2,5,9H,3-4,6,12H2,(H,13,14)/t9-/m0/s1. The Morgan fingerprint density at radius 3 is 3.13 bits per heavy atom. The van der Waals surface area contributed by atoms with Crippen LogP contribution in [0.2, 0.25) is 0 Å². The van der Waals surface area contributed by atoms with E-state index >= 15 is 0 Å². The van der Waals surface area contributed by atoms with Crippen molar-refractivity contribution in [3.05, 3.63) is 29.3 Å². The van der Waals surface area contributed by atoms with E-state index < -0.39 is 12.0 Å². The first-order chi connectivity index (χ1) is 7.16. The fourth-order valence-electron chi connectivity index (χ4n) is 1.71. The Bertz CT molecular complexity index is 389. The average molecular weight is 207 g/mol. The second-order valence-corrected chi connectivity index (χ2v) is 3.69. The summed E-state index contributed by atoms with van der Waals surface area (Å²) in [7, 11) is 0. The van der Waals surface area contributed by atoms with E-state index in [-0.39, 0.29) is 0 Å². The van der Waals surface area contributed by atoms with Crippen LogP contribution in [0.25, 0.3) is 0 Å². The number of hydrogen-bond acceptors (Lipinski definition) is 3. The zero-order chi connectivity index (χ0) is 10.8. The molecule has 4 heteroatoms. The van der Waals surface area contributed by atoms with Crippen molar-refractivity contribution in [1.82, 2.24) is 0 Å². The summed E-state index contributed by atoms with van der Waals surface area (Å²) in [4.78, 5) is 10.6. The minimum absolute atomic E-state index is 0.364. The van der Waals surface area contributed by atoms with Gasteiger partial charge in [0.15, 0.2) is 0 Å². The monoisotopic (exact) mass is 207 g/mol. The molecule has 0 radical (unpaired) electrons. The molecule has 0 spiro atoms. The summed E-state index contributed by atoms with van der Waals surface area (Å²) in [6, 6.07) is 4.90. The third-order valence-electron chi connectivity index (χ3n) is 2.53. The van der Waals surface area contributed by atoms with Gasteiger partial charge < -0.3 is 15.6 Å². The van der Waals surface area contributed by atoms with Crippen molar-refractivity contribution in [1.29, 1.82) is 0 Å². The van der Waals surface area contributed by atoms with Crippen molar-refractivity contribution in [2.75, 3.05) is 6.61 Å². The molecule has 0 unspecified atom stereocenters. The normalized spacial score (nSPS) is 15.5. The smallest absolute Gasteiger partial charge is 0.320 e. The maximum atomic E-state index is 10.6. The first-order valence-electron chi connectivity index (χ1n) is 4.90. The van der Waals surface area contributed by atoms with E-state index in [4.69, 9.17) is 15.6 Å². The lowest BCUT2D eigenvalue weighted by molar-refractivity contribution is -0.138. The molecule has 1 aliphatic rings. The van der Waals surface area contributed by atoms with Crippen LogP contribution in [0.5, 0.6) is 5.75 Å². The molecule has 2 rings (SSSR count). The molecule has 3 N–H and O–H groups in total. The van der Waals surface area contributed by atoms with Crippen LogP contribution in [0, 0.1) is 0 Å². The van der Waals surface area contributed by atoms with E-state index in [1.165, 1.54) is 0 Å². The SMILES string of the molecule is N[C@@H](Cc1ccc2c(c1)CCO2)C(=O)O. The molecular weight excluding hydrogens is 194 g/mol. The Labute approximate surface area is 87.7 Å². The van der Waals surface area contributed by atoms with E-state index in [9.17, 15) is 4.79 Å². The highest BCUT2D eigenvalue weighted by Gasteiger charge is 2.15. The van der Waals surface area contributed by atoms with Gasteiger partial charge in [0, 0.05) is 6.42 Å². The Morgan fingerprint density at radius 2 is 2.40 bits per heavy atom. The Hall–Kier alpha value is -1.55. The average Bonchev–Trinajstić information content (AvgIpc) is 2.64. The molecular formula is C11H13NO3. The number of ether oxygens (including phenoxy) is 1. The predicted octanol–water partition coefficient (Wildman–Crippen LogP) is 0.576. The summed E-state index contributed by atoms with van der Waals surface area (Å²) < 4.78 is 5.36. The number of fused-ring (bicyclic) bond motifs is 1. The molecule has 1 atom stereocenters. The zero-order valence-electron chi connectivity index (χ0n) is 8.27. The molecule has 15 heavy (non-hydrogen) atoms. The Kier molecular flexibility index (Phi) is 2.60. The molecule has 0 fully saturated rings. The summed E-state index contributed by atoms with van der Waals surface area (Å²) in [5, 5.41) is 8.69. The van der Waals surface area contributed by atoms with E-state index in [2.05, 4.69) is 0 Å². The van der Waals surface area contributed by atoms with Gasteiger partial charge in [-0.2, -0.15) is 0 Å². The predicted molar refractivity (Wildman–Crippen MR) is 55.0 cm³/mol. The van der Waals surface area contributed by atoms with Crippen LogP contribution in [0.3, 0.4) is 0 Å². The zero-order valence-corrected chi connectivity index (χ0v) is 8.27. The third-order valence-corrected chi connectivity index (χ3v) is 2.53. The first-order valence-corrected chi connectivity index (χ1v) is 4.90. The molecule has 80 valence electrons. The van der Waals surface area contributed by atoms with Gasteiger partial charge in [0.05, 0.1) is 6.61 Å². The van der Waals surface area contributed by atoms with Crippen LogP contribution < -0.4 is 10.5 Å². The number of hydrogen-bond donors (Lipinski definition) is 2. The number of carbonyl (C=O) groups is 1. The van der Waals surface area contributed by atoms with Gasteiger partial charge in [-0.3, -0.25) is 4.79 Å². The molecule has 1 heterocycles. The maximum absolute atomic E-state index is 10.6. The van der Waals surface area contributed by atoms with E-state index in [1.807, 2.05) is 18.2 Å². The quantitative estimate of drug-likeness (QED) is 0.760. The summed E-state index contributed by atoms with van der Waals surface area (Å²) in [5.74, 6) is -0.0607. The van der Waals surface area contributed by atoms with Crippen LogP contribution in [0.1, 0.15) is 11.1 Å². The minimum atomic E-state index is -0.966. The number of aliphatic carboxylic acids is 1. The lowest BCUT2D eigenvalue weighted by atomic mass is 10.0. The summed E-state index contributed by atoms with van der Waals surface area (Å²) in [6.45, 7) is 0.712. The molecule has 1 aromatic rings. The first kappa shape index (κ1) is 9.98. The van der Waals surface area contributed by atoms with Gasteiger partial charge in [0.2, 0.25) is 0 Å². The summed E-state index contributed by atoms with van der Waals surface area (Å²) >= 11 is 0. The lowest BCUT2D eigenvalue weighted by Crippen LogP contribution is -2.32. The highest BCUT2D eigenvalue weighted by Crippen LogP contribution is 2.26. The molecule has 1 aromatic carbocycles. The molecule has 0 aromatic heterocycles. The van der Waals surface area contributed by atoms with Gasteiger partial charge in [-0.05, 0) is 23.6 Å². The molecule has 1 aliphatic heterocycles. The van der Waals surface area contributed by atoms with Gasteiger partial charge in [-0.15, -0.1) is 0 Å². The highest BCUT2D eigenvalue weighted by molar-refractivity contribution is 5.73. The second-order valence-electron chi connectivity index (χ2n) is 3.69. The molecule has 0 bridgehead atoms. The number of nitrogens with two attached hydrogens (primary N) is 1. The summed E-state index contributed by atoms with van der Waals surface area (Å²) in [6.07, 6.45) is 1.26. The lowest BCUT2D eigenvalue weighted by Gasteiger charge is -2.07. The largest absolute Gasteiger partial charge is 0.493 e. The van der Waals surface area contributed by atoms with Gasteiger partial charge in [0.1, 0.15) is 11.8 Å². The van der Waals surface area contributed by atoms with Crippen molar-refractivity contribution in [3.8, 4) is 5.75 Å². The number of carboxylic acids is 1. The van der Waals surface area contributed by atoms with Crippen molar-refractivity contribution in [3.63, 3.8) is 0 Å². The van der Waals surface area contributed by atoms with E-state index in [0.29, 0.717) is 13.0 Å². The van der Waals surface area contributed by atoms with Crippen molar-refractivity contribution in [2.45, 2.75) is 18.9 Å². The molecule has 0 amide bonds. The molecule has 4 nitrogen and oxygen atoms in total. The van der Waals surface area contributed by atoms with Crippen molar-refractivity contribution in [2.24, 2.45) is 5.73 Å². The van der Waals surface area contributed by atoms with Crippen molar-refractivity contribution >= 4 is 5.97 Å². The highest BCUT2D eigenvalue weighted by atomic mass is 16.5. The number of rotatable bonds is 3. The third kappa shape index (κ3) is 2.10. The van der Waals surface area contributed by atoms with Crippen LogP contribution in [0.4, 0.5) is 0 Å².